The van der Waals surface area contributed by atoms with Crippen molar-refractivity contribution in [3.8, 4) is 0 Å². The van der Waals surface area contributed by atoms with Gasteiger partial charge in [-0.1, -0.05) is 30.7 Å². The molecule has 2 aromatic rings. The lowest BCUT2D eigenvalue weighted by molar-refractivity contribution is 0.705. The largest absolute Gasteiger partial charge is 0.324 e. The topological polar surface area (TPSA) is 38.9 Å². The summed E-state index contributed by atoms with van der Waals surface area (Å²) < 4.78 is 0. The van der Waals surface area contributed by atoms with Crippen molar-refractivity contribution >= 4 is 11.6 Å². The third kappa shape index (κ3) is 3.79. The molecule has 1 aromatic heterocycles. The second-order valence-corrected chi connectivity index (χ2v) is 5.32. The molecule has 3 heteroatoms. The molecular weight excluding hydrogens is 256 g/mol. The summed E-state index contributed by atoms with van der Waals surface area (Å²) in [5.74, 6) is 0. The maximum absolute atomic E-state index is 6.24. The monoisotopic (exact) mass is 274 g/mol. The normalized spacial score (nSPS) is 12.4. The maximum Gasteiger partial charge on any atom is 0.0422 e. The first kappa shape index (κ1) is 14.0. The molecule has 0 aliphatic heterocycles. The Hall–Kier alpha value is -1.38. The van der Waals surface area contributed by atoms with E-state index in [0.717, 1.165) is 34.7 Å². The van der Waals surface area contributed by atoms with Crippen molar-refractivity contribution in [2.24, 2.45) is 5.73 Å². The molecule has 0 amide bonds. The molecule has 1 heterocycles. The first-order valence-electron chi connectivity index (χ1n) is 6.55. The van der Waals surface area contributed by atoms with Crippen LogP contribution in [-0.4, -0.2) is 4.98 Å². The van der Waals surface area contributed by atoms with Gasteiger partial charge >= 0.3 is 0 Å². The number of hydrogen-bond donors (Lipinski definition) is 1. The van der Waals surface area contributed by atoms with E-state index in [1.807, 2.05) is 25.3 Å². The molecule has 0 bridgehead atoms. The predicted octanol–water partition coefficient (Wildman–Crippen LogP) is 3.85. The molecule has 0 aliphatic carbocycles. The average molecular weight is 275 g/mol. The first-order chi connectivity index (χ1) is 9.08. The Labute approximate surface area is 119 Å². The number of nitrogens with zero attached hydrogens (tertiary/aromatic N) is 1. The minimum Gasteiger partial charge on any atom is -0.324 e. The molecule has 2 rings (SSSR count). The summed E-state index contributed by atoms with van der Waals surface area (Å²) in [6.07, 6.45) is 3.65. The zero-order valence-electron chi connectivity index (χ0n) is 11.4. The number of hydrogen-bond acceptors (Lipinski definition) is 2. The van der Waals surface area contributed by atoms with Crippen LogP contribution >= 0.6 is 11.6 Å². The van der Waals surface area contributed by atoms with E-state index in [-0.39, 0.29) is 6.04 Å². The predicted molar refractivity (Wildman–Crippen MR) is 80.4 cm³/mol. The fourth-order valence-electron chi connectivity index (χ4n) is 2.11. The summed E-state index contributed by atoms with van der Waals surface area (Å²) in [6.45, 7) is 4.15. The van der Waals surface area contributed by atoms with Crippen molar-refractivity contribution in [3.63, 3.8) is 0 Å². The zero-order valence-corrected chi connectivity index (χ0v) is 12.1. The molecule has 1 atom stereocenters. The Kier molecular flexibility index (Phi) is 4.56. The van der Waals surface area contributed by atoms with Gasteiger partial charge in [-0.2, -0.15) is 0 Å². The second-order valence-electron chi connectivity index (χ2n) is 4.88. The molecule has 1 aromatic carbocycles. The van der Waals surface area contributed by atoms with Crippen LogP contribution in [0.2, 0.25) is 5.02 Å². The van der Waals surface area contributed by atoms with Crippen molar-refractivity contribution in [1.29, 1.82) is 0 Å². The van der Waals surface area contributed by atoms with Gasteiger partial charge in [0.05, 0.1) is 0 Å². The Bertz CT molecular complexity index is 529. The van der Waals surface area contributed by atoms with Gasteiger partial charge < -0.3 is 5.73 Å². The minimum atomic E-state index is -0.0719. The fourth-order valence-corrected chi connectivity index (χ4v) is 2.40. The molecule has 0 radical (unpaired) electrons. The quantitative estimate of drug-likeness (QED) is 0.920. The van der Waals surface area contributed by atoms with Crippen LogP contribution in [0.4, 0.5) is 0 Å². The molecule has 0 spiro atoms. The minimum absolute atomic E-state index is 0.0719. The molecule has 0 aliphatic rings. The van der Waals surface area contributed by atoms with Crippen LogP contribution in [0, 0.1) is 6.92 Å². The Balaban J connectivity index is 2.13. The van der Waals surface area contributed by atoms with Gasteiger partial charge in [0.15, 0.2) is 0 Å². The Morgan fingerprint density at radius 2 is 2.05 bits per heavy atom. The van der Waals surface area contributed by atoms with Crippen molar-refractivity contribution < 1.29 is 0 Å². The SMILES string of the molecule is CCc1ccc(CC(N)c2cc(C)cc(Cl)c2)nc1. The third-order valence-corrected chi connectivity index (χ3v) is 3.43. The summed E-state index contributed by atoms with van der Waals surface area (Å²) in [4.78, 5) is 4.45. The van der Waals surface area contributed by atoms with E-state index in [1.165, 1.54) is 5.56 Å². The van der Waals surface area contributed by atoms with Crippen molar-refractivity contribution in [2.45, 2.75) is 32.7 Å². The van der Waals surface area contributed by atoms with Crippen molar-refractivity contribution in [3.05, 3.63) is 63.9 Å². The Morgan fingerprint density at radius 3 is 2.63 bits per heavy atom. The molecule has 19 heavy (non-hydrogen) atoms. The third-order valence-electron chi connectivity index (χ3n) is 3.22. The number of aryl methyl sites for hydroxylation is 2. The zero-order chi connectivity index (χ0) is 13.8. The highest BCUT2D eigenvalue weighted by Gasteiger charge is 2.09. The van der Waals surface area contributed by atoms with E-state index in [0.29, 0.717) is 0 Å². The summed E-state index contributed by atoms with van der Waals surface area (Å²) in [6, 6.07) is 10.0. The molecule has 2 nitrogen and oxygen atoms in total. The number of aromatic nitrogens is 1. The first-order valence-corrected chi connectivity index (χ1v) is 6.92. The highest BCUT2D eigenvalue weighted by atomic mass is 35.5. The van der Waals surface area contributed by atoms with Crippen molar-refractivity contribution in [2.75, 3.05) is 0 Å². The lowest BCUT2D eigenvalue weighted by Gasteiger charge is -2.13. The van der Waals surface area contributed by atoms with E-state index >= 15 is 0 Å². The van der Waals surface area contributed by atoms with Gasteiger partial charge in [-0.05, 0) is 48.2 Å². The smallest absolute Gasteiger partial charge is 0.0422 e. The molecule has 100 valence electrons. The lowest BCUT2D eigenvalue weighted by Crippen LogP contribution is -2.14. The van der Waals surface area contributed by atoms with Gasteiger partial charge in [-0.3, -0.25) is 4.98 Å². The lowest BCUT2D eigenvalue weighted by atomic mass is 10.0. The molecule has 0 saturated heterocycles. The van der Waals surface area contributed by atoms with E-state index in [4.69, 9.17) is 17.3 Å². The van der Waals surface area contributed by atoms with Crippen LogP contribution < -0.4 is 5.73 Å². The number of nitrogens with two attached hydrogens (primary N) is 1. The number of benzene rings is 1. The highest BCUT2D eigenvalue weighted by molar-refractivity contribution is 6.30. The van der Waals surface area contributed by atoms with Crippen LogP contribution in [0.15, 0.2) is 36.5 Å². The van der Waals surface area contributed by atoms with Crippen LogP contribution in [0.3, 0.4) is 0 Å². The summed E-state index contributed by atoms with van der Waals surface area (Å²) in [5, 5.41) is 0.736. The number of pyridine rings is 1. The van der Waals surface area contributed by atoms with E-state index < -0.39 is 0 Å². The standard InChI is InChI=1S/C16H19ClN2/c1-3-12-4-5-15(19-10-12)9-16(18)13-6-11(2)7-14(17)8-13/h4-8,10,16H,3,9,18H2,1-2H3. The van der Waals surface area contributed by atoms with Gasteiger partial charge in [0, 0.05) is 29.4 Å². The van der Waals surface area contributed by atoms with E-state index in [9.17, 15) is 0 Å². The van der Waals surface area contributed by atoms with Crippen LogP contribution in [-0.2, 0) is 12.8 Å². The average Bonchev–Trinajstić information content (AvgIpc) is 2.38. The molecule has 1 unspecified atom stereocenters. The van der Waals surface area contributed by atoms with Gasteiger partial charge in [0.2, 0.25) is 0 Å². The summed E-state index contributed by atoms with van der Waals surface area (Å²) in [5.41, 5.74) is 10.7. The van der Waals surface area contributed by atoms with E-state index in [2.05, 4.69) is 30.1 Å². The van der Waals surface area contributed by atoms with Crippen LogP contribution in [0.1, 0.15) is 35.3 Å². The molecule has 0 fully saturated rings. The second kappa shape index (κ2) is 6.18. The van der Waals surface area contributed by atoms with Gasteiger partial charge in [-0.25, -0.2) is 0 Å². The number of rotatable bonds is 4. The van der Waals surface area contributed by atoms with Crippen LogP contribution in [0.25, 0.3) is 0 Å². The molecule has 0 saturated carbocycles. The van der Waals surface area contributed by atoms with Crippen LogP contribution in [0.5, 0.6) is 0 Å². The van der Waals surface area contributed by atoms with E-state index in [1.54, 1.807) is 0 Å². The molecular formula is C16H19ClN2. The molecule has 2 N–H and O–H groups in total. The number of halogens is 1. The highest BCUT2D eigenvalue weighted by Crippen LogP contribution is 2.21. The fraction of sp³-hybridized carbons (Fsp3) is 0.312. The summed E-state index contributed by atoms with van der Waals surface area (Å²) >= 11 is 6.07. The maximum atomic E-state index is 6.24. The van der Waals surface area contributed by atoms with Gasteiger partial charge in [0.1, 0.15) is 0 Å². The summed E-state index contributed by atoms with van der Waals surface area (Å²) in [7, 11) is 0. The Morgan fingerprint density at radius 1 is 1.26 bits per heavy atom. The van der Waals surface area contributed by atoms with Gasteiger partial charge in [-0.15, -0.1) is 0 Å². The van der Waals surface area contributed by atoms with Gasteiger partial charge in [0.25, 0.3) is 0 Å². The van der Waals surface area contributed by atoms with Crippen molar-refractivity contribution in [1.82, 2.24) is 4.98 Å².